The van der Waals surface area contributed by atoms with Gasteiger partial charge < -0.3 is 24.7 Å². The van der Waals surface area contributed by atoms with Crippen molar-refractivity contribution in [3.05, 3.63) is 36.8 Å². The third-order valence-electron chi connectivity index (χ3n) is 4.33. The Balaban J connectivity index is 1.46. The Morgan fingerprint density at radius 3 is 2.96 bits per heavy atom. The Kier molecular flexibility index (Phi) is 4.70. The number of hydrogen-bond acceptors (Lipinski definition) is 9. The van der Waals surface area contributed by atoms with Crippen LogP contribution in [0, 0.1) is 0 Å². The van der Waals surface area contributed by atoms with E-state index in [0.29, 0.717) is 18.0 Å². The number of H-pyrrole nitrogens is 1. The average molecular weight is 384 g/mol. The minimum absolute atomic E-state index is 0.217. The maximum Gasteiger partial charge on any atom is 0.336 e. The van der Waals surface area contributed by atoms with Crippen LogP contribution in [0.4, 0.5) is 5.82 Å². The number of carbonyl (C=O) groups excluding carboxylic acids is 3. The maximum atomic E-state index is 12.5. The average Bonchev–Trinajstić information content (AvgIpc) is 3.17. The van der Waals surface area contributed by atoms with Crippen LogP contribution in [0.1, 0.15) is 12.8 Å². The number of carbonyl (C=O) groups is 3. The van der Waals surface area contributed by atoms with Gasteiger partial charge in [0.05, 0.1) is 6.33 Å². The van der Waals surface area contributed by atoms with E-state index in [2.05, 4.69) is 25.3 Å². The van der Waals surface area contributed by atoms with Gasteiger partial charge in [-0.15, -0.1) is 0 Å². The molecule has 1 saturated heterocycles. The monoisotopic (exact) mass is 384 g/mol. The summed E-state index contributed by atoms with van der Waals surface area (Å²) in [6.07, 6.45) is 7.21. The molecule has 4 heterocycles. The third kappa shape index (κ3) is 3.68. The largest absolute Gasteiger partial charge is 0.427 e. The van der Waals surface area contributed by atoms with Crippen molar-refractivity contribution >= 4 is 34.8 Å². The fourth-order valence-electron chi connectivity index (χ4n) is 3.09. The summed E-state index contributed by atoms with van der Waals surface area (Å²) in [7, 11) is 0. The fourth-order valence-corrected chi connectivity index (χ4v) is 3.09. The van der Waals surface area contributed by atoms with E-state index in [1.54, 1.807) is 6.33 Å². The highest BCUT2D eigenvalue weighted by Crippen LogP contribution is 2.23. The van der Waals surface area contributed by atoms with E-state index >= 15 is 0 Å². The van der Waals surface area contributed by atoms with Crippen molar-refractivity contribution in [2.24, 2.45) is 0 Å². The number of cyclic esters (lactones) is 2. The highest BCUT2D eigenvalue weighted by Gasteiger charge is 2.27. The van der Waals surface area contributed by atoms with Crippen molar-refractivity contribution in [2.75, 3.05) is 18.0 Å². The van der Waals surface area contributed by atoms with Crippen LogP contribution in [0.15, 0.2) is 36.8 Å². The van der Waals surface area contributed by atoms with Crippen LogP contribution in [-0.4, -0.2) is 56.9 Å². The topological polar surface area (TPSA) is 139 Å². The van der Waals surface area contributed by atoms with Crippen molar-refractivity contribution in [1.82, 2.24) is 25.3 Å². The molecule has 0 saturated carbocycles. The molecule has 0 bridgehead atoms. The third-order valence-corrected chi connectivity index (χ3v) is 4.33. The summed E-state index contributed by atoms with van der Waals surface area (Å²) in [6.45, 7) is 1.26. The standard InChI is InChI=1S/C17H16N6O5/c24-12-3-4-13(25)28-11(7-27-12)17(26)22-10-2-1-5-23(6-10)16-14-15(19-8-18-14)20-9-21-16/h3-4,7-10H,1-2,5-6H2,(H,22,26)(H,18,19,20,21)/b4-3+,11-7-/t10-/m1/s1. The van der Waals surface area contributed by atoms with Gasteiger partial charge in [0, 0.05) is 31.3 Å². The first-order valence-corrected chi connectivity index (χ1v) is 8.61. The fraction of sp³-hybridized carbons (Fsp3) is 0.294. The number of ether oxygens (including phenoxy) is 2. The first-order valence-electron chi connectivity index (χ1n) is 8.61. The Morgan fingerprint density at radius 2 is 2.07 bits per heavy atom. The number of esters is 2. The Morgan fingerprint density at radius 1 is 1.21 bits per heavy atom. The SMILES string of the molecule is O=C1/C=C/C(=O)O/C(C(=O)N[C@@H]2CCCN(c3ncnc4nc[nH]c34)C2)=C\O1. The number of amides is 1. The summed E-state index contributed by atoms with van der Waals surface area (Å²) >= 11 is 0. The van der Waals surface area contributed by atoms with Crippen LogP contribution in [-0.2, 0) is 23.9 Å². The molecular weight excluding hydrogens is 368 g/mol. The highest BCUT2D eigenvalue weighted by atomic mass is 16.6. The summed E-state index contributed by atoms with van der Waals surface area (Å²) in [5, 5.41) is 2.80. The Bertz CT molecular complexity index is 997. The molecule has 2 aromatic rings. The molecule has 11 heteroatoms. The van der Waals surface area contributed by atoms with E-state index in [-0.39, 0.29) is 11.8 Å². The summed E-state index contributed by atoms with van der Waals surface area (Å²) in [4.78, 5) is 52.9. The van der Waals surface area contributed by atoms with Gasteiger partial charge in [-0.05, 0) is 12.8 Å². The molecule has 0 aromatic carbocycles. The van der Waals surface area contributed by atoms with Crippen LogP contribution < -0.4 is 10.2 Å². The van der Waals surface area contributed by atoms with Gasteiger partial charge in [-0.25, -0.2) is 24.5 Å². The van der Waals surface area contributed by atoms with Crippen LogP contribution in [0.2, 0.25) is 0 Å². The van der Waals surface area contributed by atoms with Crippen LogP contribution in [0.25, 0.3) is 11.2 Å². The molecule has 1 amide bonds. The van der Waals surface area contributed by atoms with E-state index in [1.165, 1.54) is 6.33 Å². The molecule has 2 aromatic heterocycles. The zero-order valence-corrected chi connectivity index (χ0v) is 14.6. The summed E-state index contributed by atoms with van der Waals surface area (Å²) in [5.74, 6) is -1.91. The molecule has 0 aliphatic carbocycles. The lowest BCUT2D eigenvalue weighted by Crippen LogP contribution is -2.48. The number of fused-ring (bicyclic) bond motifs is 1. The number of nitrogens with one attached hydrogen (secondary N) is 2. The van der Waals surface area contributed by atoms with Crippen molar-refractivity contribution in [2.45, 2.75) is 18.9 Å². The normalized spacial score (nSPS) is 23.1. The number of aromatic amines is 1. The van der Waals surface area contributed by atoms with Gasteiger partial charge in [-0.1, -0.05) is 0 Å². The number of anilines is 1. The summed E-state index contributed by atoms with van der Waals surface area (Å²) < 4.78 is 9.62. The van der Waals surface area contributed by atoms with E-state index in [0.717, 1.165) is 43.3 Å². The molecule has 0 spiro atoms. The minimum Gasteiger partial charge on any atom is -0.427 e. The van der Waals surface area contributed by atoms with Gasteiger partial charge in [0.2, 0.25) is 5.76 Å². The molecule has 0 radical (unpaired) electrons. The number of rotatable bonds is 3. The van der Waals surface area contributed by atoms with Crippen molar-refractivity contribution in [3.63, 3.8) is 0 Å². The first kappa shape index (κ1) is 17.6. The lowest BCUT2D eigenvalue weighted by atomic mass is 10.1. The predicted molar refractivity (Wildman–Crippen MR) is 94.5 cm³/mol. The first-order chi connectivity index (χ1) is 13.6. The second-order valence-corrected chi connectivity index (χ2v) is 6.23. The van der Waals surface area contributed by atoms with Crippen LogP contribution >= 0.6 is 0 Å². The summed E-state index contributed by atoms with van der Waals surface area (Å²) in [5.41, 5.74) is 1.29. The molecule has 2 aliphatic rings. The van der Waals surface area contributed by atoms with E-state index in [1.807, 2.05) is 4.90 Å². The number of aromatic nitrogens is 4. The minimum atomic E-state index is -0.828. The van der Waals surface area contributed by atoms with Crippen molar-refractivity contribution in [1.29, 1.82) is 0 Å². The maximum absolute atomic E-state index is 12.5. The van der Waals surface area contributed by atoms with Gasteiger partial charge in [0.15, 0.2) is 11.5 Å². The molecule has 2 N–H and O–H groups in total. The number of nitrogens with zero attached hydrogens (tertiary/aromatic N) is 4. The van der Waals surface area contributed by atoms with Crippen LogP contribution in [0.5, 0.6) is 0 Å². The second-order valence-electron chi connectivity index (χ2n) is 6.23. The number of piperidine rings is 1. The lowest BCUT2D eigenvalue weighted by Gasteiger charge is -2.34. The van der Waals surface area contributed by atoms with Crippen molar-refractivity contribution < 1.29 is 23.9 Å². The van der Waals surface area contributed by atoms with Gasteiger partial charge >= 0.3 is 11.9 Å². The molecule has 11 nitrogen and oxygen atoms in total. The van der Waals surface area contributed by atoms with Gasteiger partial charge in [-0.2, -0.15) is 0 Å². The van der Waals surface area contributed by atoms with E-state index in [4.69, 9.17) is 9.47 Å². The second kappa shape index (κ2) is 7.47. The van der Waals surface area contributed by atoms with Gasteiger partial charge in [-0.3, -0.25) is 4.79 Å². The highest BCUT2D eigenvalue weighted by molar-refractivity contribution is 5.99. The smallest absolute Gasteiger partial charge is 0.336 e. The quantitative estimate of drug-likeness (QED) is 0.696. The molecule has 4 rings (SSSR count). The molecule has 0 unspecified atom stereocenters. The molecule has 2 aliphatic heterocycles. The lowest BCUT2D eigenvalue weighted by molar-refractivity contribution is -0.141. The molecule has 1 atom stereocenters. The molecule has 144 valence electrons. The Hall–Kier alpha value is -3.76. The predicted octanol–water partition coefficient (Wildman–Crippen LogP) is -0.0645. The van der Waals surface area contributed by atoms with Gasteiger partial charge in [0.1, 0.15) is 18.1 Å². The van der Waals surface area contributed by atoms with Gasteiger partial charge in [0.25, 0.3) is 5.91 Å². The zero-order chi connectivity index (χ0) is 19.5. The van der Waals surface area contributed by atoms with Crippen molar-refractivity contribution in [3.8, 4) is 0 Å². The summed E-state index contributed by atoms with van der Waals surface area (Å²) in [6, 6.07) is -0.217. The van der Waals surface area contributed by atoms with E-state index < -0.39 is 17.8 Å². The number of imidazole rings is 1. The molecular formula is C17H16N6O5. The number of hydrogen-bond donors (Lipinski definition) is 2. The molecule has 1 fully saturated rings. The molecule has 28 heavy (non-hydrogen) atoms. The Labute approximate surface area is 158 Å². The van der Waals surface area contributed by atoms with E-state index in [9.17, 15) is 14.4 Å². The zero-order valence-electron chi connectivity index (χ0n) is 14.6. The van der Waals surface area contributed by atoms with Crippen LogP contribution in [0.3, 0.4) is 0 Å².